The first-order chi connectivity index (χ1) is 14.1. The Labute approximate surface area is 170 Å². The molecule has 154 valence electrons. The molecule has 8 nitrogen and oxygen atoms in total. The topological polar surface area (TPSA) is 79.1 Å². The molecule has 0 spiro atoms. The molecule has 2 amide bonds. The van der Waals surface area contributed by atoms with E-state index in [1.807, 2.05) is 35.2 Å². The first-order valence-corrected chi connectivity index (χ1v) is 10.0. The fourth-order valence-corrected chi connectivity index (χ4v) is 3.66. The van der Waals surface area contributed by atoms with Gasteiger partial charge in [-0.1, -0.05) is 18.2 Å². The molecule has 8 heteroatoms. The third kappa shape index (κ3) is 4.49. The van der Waals surface area contributed by atoms with Crippen molar-refractivity contribution >= 4 is 11.8 Å². The number of piperazine rings is 1. The van der Waals surface area contributed by atoms with Crippen LogP contribution in [-0.4, -0.2) is 90.5 Å². The molecule has 0 saturated carbocycles. The molecule has 29 heavy (non-hydrogen) atoms. The number of ether oxygens (including phenoxy) is 1. The molecule has 0 radical (unpaired) electrons. The number of hydrogen-bond acceptors (Lipinski definition) is 6. The smallest absolute Gasteiger partial charge is 0.276 e. The standard InChI is InChI=1S/C21H26N4O4/c1-16-19(22-20(29-16)17-5-3-2-4-6-17)21(27)25-9-7-23(8-10-25)15-18(26)24-11-13-28-14-12-24/h2-6H,7-15H2,1H3. The Hall–Kier alpha value is -2.71. The highest BCUT2D eigenvalue weighted by Crippen LogP contribution is 2.22. The minimum Gasteiger partial charge on any atom is -0.441 e. The van der Waals surface area contributed by atoms with Gasteiger partial charge in [-0.25, -0.2) is 4.98 Å². The fraction of sp³-hybridized carbons (Fsp3) is 0.476. The Bertz CT molecular complexity index is 853. The Morgan fingerprint density at radius 3 is 2.34 bits per heavy atom. The molecule has 2 aliphatic heterocycles. The lowest BCUT2D eigenvalue weighted by Crippen LogP contribution is -2.52. The van der Waals surface area contributed by atoms with Crippen molar-refractivity contribution in [3.05, 3.63) is 41.8 Å². The predicted octanol–water partition coefficient (Wildman–Crippen LogP) is 1.27. The first kappa shape index (κ1) is 19.6. The minimum atomic E-state index is -0.118. The molecule has 0 bridgehead atoms. The second-order valence-electron chi connectivity index (χ2n) is 7.35. The zero-order valence-electron chi connectivity index (χ0n) is 16.7. The molecule has 2 fully saturated rings. The van der Waals surface area contributed by atoms with Crippen molar-refractivity contribution in [2.24, 2.45) is 0 Å². The summed E-state index contributed by atoms with van der Waals surface area (Å²) in [7, 11) is 0. The first-order valence-electron chi connectivity index (χ1n) is 10.0. The summed E-state index contributed by atoms with van der Waals surface area (Å²) in [5, 5.41) is 0. The summed E-state index contributed by atoms with van der Waals surface area (Å²) in [5.74, 6) is 1.00. The Kier molecular flexibility index (Phi) is 5.92. The molecular formula is C21H26N4O4. The maximum atomic E-state index is 12.9. The van der Waals surface area contributed by atoms with E-state index in [1.54, 1.807) is 11.8 Å². The number of amides is 2. The third-order valence-electron chi connectivity index (χ3n) is 5.40. The van der Waals surface area contributed by atoms with E-state index in [2.05, 4.69) is 9.88 Å². The van der Waals surface area contributed by atoms with Crippen molar-refractivity contribution in [3.63, 3.8) is 0 Å². The Balaban J connectivity index is 1.33. The lowest BCUT2D eigenvalue weighted by atomic mass is 10.2. The van der Waals surface area contributed by atoms with Gasteiger partial charge in [-0.3, -0.25) is 14.5 Å². The molecule has 2 aromatic rings. The molecular weight excluding hydrogens is 372 g/mol. The lowest BCUT2D eigenvalue weighted by Gasteiger charge is -2.35. The number of aryl methyl sites for hydroxylation is 1. The fourth-order valence-electron chi connectivity index (χ4n) is 3.66. The summed E-state index contributed by atoms with van der Waals surface area (Å²) in [6.45, 7) is 7.18. The minimum absolute atomic E-state index is 0.118. The van der Waals surface area contributed by atoms with E-state index in [1.165, 1.54) is 0 Å². The summed E-state index contributed by atoms with van der Waals surface area (Å²) < 4.78 is 11.0. The van der Waals surface area contributed by atoms with Crippen LogP contribution in [0, 0.1) is 6.92 Å². The van der Waals surface area contributed by atoms with Crippen molar-refractivity contribution in [2.75, 3.05) is 59.0 Å². The molecule has 2 aliphatic rings. The van der Waals surface area contributed by atoms with Crippen LogP contribution in [-0.2, 0) is 9.53 Å². The quantitative estimate of drug-likeness (QED) is 0.772. The number of oxazole rings is 1. The van der Waals surface area contributed by atoms with Crippen LogP contribution in [0.3, 0.4) is 0 Å². The summed E-state index contributed by atoms with van der Waals surface area (Å²) in [6.07, 6.45) is 0. The van der Waals surface area contributed by atoms with E-state index in [9.17, 15) is 9.59 Å². The third-order valence-corrected chi connectivity index (χ3v) is 5.40. The van der Waals surface area contributed by atoms with Gasteiger partial charge in [0.1, 0.15) is 5.76 Å². The van der Waals surface area contributed by atoms with E-state index in [0.29, 0.717) is 76.4 Å². The molecule has 2 saturated heterocycles. The maximum Gasteiger partial charge on any atom is 0.276 e. The van der Waals surface area contributed by atoms with Gasteiger partial charge < -0.3 is 19.0 Å². The van der Waals surface area contributed by atoms with Gasteiger partial charge in [0.2, 0.25) is 11.8 Å². The van der Waals surface area contributed by atoms with E-state index in [0.717, 1.165) is 5.56 Å². The average Bonchev–Trinajstić information content (AvgIpc) is 3.16. The Morgan fingerprint density at radius 2 is 1.66 bits per heavy atom. The van der Waals surface area contributed by atoms with E-state index < -0.39 is 0 Å². The van der Waals surface area contributed by atoms with Crippen LogP contribution >= 0.6 is 0 Å². The van der Waals surface area contributed by atoms with Crippen molar-refractivity contribution in [1.29, 1.82) is 0 Å². The van der Waals surface area contributed by atoms with Gasteiger partial charge in [-0.15, -0.1) is 0 Å². The Morgan fingerprint density at radius 1 is 0.966 bits per heavy atom. The summed E-state index contributed by atoms with van der Waals surface area (Å²) in [6, 6.07) is 9.56. The zero-order valence-corrected chi connectivity index (χ0v) is 16.7. The molecule has 0 aliphatic carbocycles. The van der Waals surface area contributed by atoms with Crippen LogP contribution in [0.5, 0.6) is 0 Å². The predicted molar refractivity (Wildman–Crippen MR) is 106 cm³/mol. The molecule has 1 aromatic carbocycles. The van der Waals surface area contributed by atoms with Gasteiger partial charge in [0.05, 0.1) is 19.8 Å². The maximum absolute atomic E-state index is 12.9. The molecule has 3 heterocycles. The molecule has 1 aromatic heterocycles. The lowest BCUT2D eigenvalue weighted by molar-refractivity contribution is -0.136. The molecule has 0 N–H and O–H groups in total. The second kappa shape index (κ2) is 8.75. The number of rotatable bonds is 4. The normalized spacial score (nSPS) is 18.1. The average molecular weight is 398 g/mol. The SMILES string of the molecule is Cc1oc(-c2ccccc2)nc1C(=O)N1CCN(CC(=O)N2CCOCC2)CC1. The molecule has 0 atom stereocenters. The number of morpholine rings is 1. The highest BCUT2D eigenvalue weighted by Gasteiger charge is 2.28. The summed E-state index contributed by atoms with van der Waals surface area (Å²) >= 11 is 0. The van der Waals surface area contributed by atoms with Crippen LogP contribution in [0.4, 0.5) is 0 Å². The van der Waals surface area contributed by atoms with Crippen LogP contribution < -0.4 is 0 Å². The van der Waals surface area contributed by atoms with Crippen molar-refractivity contribution in [2.45, 2.75) is 6.92 Å². The van der Waals surface area contributed by atoms with Crippen LogP contribution in [0.25, 0.3) is 11.5 Å². The van der Waals surface area contributed by atoms with Crippen LogP contribution in [0.1, 0.15) is 16.2 Å². The van der Waals surface area contributed by atoms with Crippen LogP contribution in [0.15, 0.2) is 34.7 Å². The van der Waals surface area contributed by atoms with E-state index in [-0.39, 0.29) is 11.8 Å². The van der Waals surface area contributed by atoms with E-state index in [4.69, 9.17) is 9.15 Å². The monoisotopic (exact) mass is 398 g/mol. The molecule has 0 unspecified atom stereocenters. The van der Waals surface area contributed by atoms with Gasteiger partial charge >= 0.3 is 0 Å². The molecule has 4 rings (SSSR count). The highest BCUT2D eigenvalue weighted by atomic mass is 16.5. The summed E-state index contributed by atoms with van der Waals surface area (Å²) in [5.41, 5.74) is 1.21. The van der Waals surface area contributed by atoms with Crippen molar-refractivity contribution in [3.8, 4) is 11.5 Å². The number of aromatic nitrogens is 1. The van der Waals surface area contributed by atoms with Crippen LogP contribution in [0.2, 0.25) is 0 Å². The number of carbonyl (C=O) groups is 2. The van der Waals surface area contributed by atoms with Gasteiger partial charge in [0, 0.05) is 44.8 Å². The van der Waals surface area contributed by atoms with E-state index >= 15 is 0 Å². The van der Waals surface area contributed by atoms with Gasteiger partial charge in [-0.2, -0.15) is 0 Å². The number of benzene rings is 1. The van der Waals surface area contributed by atoms with Gasteiger partial charge in [0.15, 0.2) is 5.69 Å². The largest absolute Gasteiger partial charge is 0.441 e. The van der Waals surface area contributed by atoms with Gasteiger partial charge in [-0.05, 0) is 19.1 Å². The summed E-state index contributed by atoms with van der Waals surface area (Å²) in [4.78, 5) is 35.5. The zero-order chi connectivity index (χ0) is 20.2. The number of hydrogen-bond donors (Lipinski definition) is 0. The highest BCUT2D eigenvalue weighted by molar-refractivity contribution is 5.93. The number of nitrogens with zero attached hydrogens (tertiary/aromatic N) is 4. The van der Waals surface area contributed by atoms with Crippen molar-refractivity contribution in [1.82, 2.24) is 19.7 Å². The van der Waals surface area contributed by atoms with Crippen molar-refractivity contribution < 1.29 is 18.7 Å². The van der Waals surface area contributed by atoms with Gasteiger partial charge in [0.25, 0.3) is 5.91 Å². The number of carbonyl (C=O) groups excluding carboxylic acids is 2. The second-order valence-corrected chi connectivity index (χ2v) is 7.35.